The normalized spacial score (nSPS) is 11.1. The zero-order valence-electron chi connectivity index (χ0n) is 18.7. The number of nitrogens with two attached hydrogens (primary N) is 1. The molecular formula is C25H24N8O. The highest BCUT2D eigenvalue weighted by Crippen LogP contribution is 2.29. The summed E-state index contributed by atoms with van der Waals surface area (Å²) in [5, 5.41) is 14.1. The number of hydrogen-bond donors (Lipinski definition) is 2. The van der Waals surface area contributed by atoms with Gasteiger partial charge in [0.05, 0.1) is 17.9 Å². The first-order valence-electron chi connectivity index (χ1n) is 11.1. The van der Waals surface area contributed by atoms with Crippen molar-refractivity contribution in [3.63, 3.8) is 0 Å². The van der Waals surface area contributed by atoms with Crippen LogP contribution in [0.2, 0.25) is 0 Å². The molecule has 0 saturated carbocycles. The van der Waals surface area contributed by atoms with Gasteiger partial charge >= 0.3 is 5.69 Å². The lowest BCUT2D eigenvalue weighted by molar-refractivity contribution is 0.692. The molecule has 9 heteroatoms. The molecule has 0 aliphatic carbocycles. The molecule has 9 nitrogen and oxygen atoms in total. The van der Waals surface area contributed by atoms with Crippen molar-refractivity contribution < 1.29 is 0 Å². The van der Waals surface area contributed by atoms with Gasteiger partial charge in [0.1, 0.15) is 0 Å². The summed E-state index contributed by atoms with van der Waals surface area (Å²) in [6.07, 6.45) is 7.12. The van der Waals surface area contributed by atoms with Crippen molar-refractivity contribution in [2.45, 2.75) is 26.3 Å². The quantitative estimate of drug-likeness (QED) is 0.365. The monoisotopic (exact) mass is 452 g/mol. The van der Waals surface area contributed by atoms with Crippen molar-refractivity contribution in [1.29, 1.82) is 0 Å². The standard InChI is InChI=1S/C25H24N8O/c1-2-5-19-16-33(23-7-4-3-6-22(23)26)25(34)32(19)15-17-8-10-18(11-9-17)20-12-13-27-14-21(20)24-28-30-31-29-24/h3-4,6-14,16H,2,5,15,26H2,1H3,(H,28,29,30,31). The molecule has 5 rings (SSSR count). The number of imidazole rings is 1. The number of H-pyrrole nitrogens is 1. The van der Waals surface area contributed by atoms with Crippen LogP contribution >= 0.6 is 0 Å². The van der Waals surface area contributed by atoms with Crippen molar-refractivity contribution in [1.82, 2.24) is 34.7 Å². The van der Waals surface area contributed by atoms with Crippen LogP contribution in [0.15, 0.2) is 78.0 Å². The number of pyridine rings is 1. The van der Waals surface area contributed by atoms with Crippen molar-refractivity contribution in [3.05, 3.63) is 94.9 Å². The van der Waals surface area contributed by atoms with Crippen molar-refractivity contribution >= 4 is 5.69 Å². The van der Waals surface area contributed by atoms with Crippen LogP contribution < -0.4 is 11.4 Å². The fourth-order valence-electron chi connectivity index (χ4n) is 4.11. The third-order valence-electron chi connectivity index (χ3n) is 5.79. The molecule has 0 saturated heterocycles. The topological polar surface area (TPSA) is 120 Å². The van der Waals surface area contributed by atoms with Crippen LogP contribution in [-0.2, 0) is 13.0 Å². The van der Waals surface area contributed by atoms with Gasteiger partial charge in [-0.05, 0) is 51.7 Å². The van der Waals surface area contributed by atoms with Crippen LogP contribution in [0.5, 0.6) is 0 Å². The fourth-order valence-corrected chi connectivity index (χ4v) is 4.11. The lowest BCUT2D eigenvalue weighted by Crippen LogP contribution is -2.25. The predicted molar refractivity (Wildman–Crippen MR) is 130 cm³/mol. The number of aromatic amines is 1. The fraction of sp³-hybridized carbons (Fsp3) is 0.160. The first kappa shape index (κ1) is 21.3. The van der Waals surface area contributed by atoms with Gasteiger partial charge in [-0.25, -0.2) is 9.89 Å². The first-order chi connectivity index (χ1) is 16.7. The number of tetrazole rings is 1. The highest BCUT2D eigenvalue weighted by molar-refractivity contribution is 5.79. The predicted octanol–water partition coefficient (Wildman–Crippen LogP) is 3.46. The Morgan fingerprint density at radius 3 is 2.59 bits per heavy atom. The summed E-state index contributed by atoms with van der Waals surface area (Å²) < 4.78 is 3.46. The van der Waals surface area contributed by atoms with Crippen molar-refractivity contribution in [2.24, 2.45) is 0 Å². The van der Waals surface area contributed by atoms with Crippen LogP contribution in [0, 0.1) is 0 Å². The average molecular weight is 453 g/mol. The van der Waals surface area contributed by atoms with E-state index < -0.39 is 0 Å². The van der Waals surface area contributed by atoms with Gasteiger partial charge in [0.25, 0.3) is 0 Å². The van der Waals surface area contributed by atoms with Crippen LogP contribution in [-0.4, -0.2) is 34.7 Å². The molecule has 0 amide bonds. The molecule has 0 bridgehead atoms. The van der Waals surface area contributed by atoms with Crippen LogP contribution in [0.3, 0.4) is 0 Å². The maximum atomic E-state index is 13.3. The van der Waals surface area contributed by atoms with E-state index in [0.29, 0.717) is 23.7 Å². The number of aryl methyl sites for hydroxylation is 1. The largest absolute Gasteiger partial charge is 0.397 e. The molecule has 0 atom stereocenters. The third kappa shape index (κ3) is 3.99. The van der Waals surface area contributed by atoms with Gasteiger partial charge in [0.15, 0.2) is 5.82 Å². The molecule has 0 spiro atoms. The Bertz CT molecular complexity index is 1470. The van der Waals surface area contributed by atoms with Gasteiger partial charge in [0.2, 0.25) is 0 Å². The van der Waals surface area contributed by atoms with E-state index in [1.54, 1.807) is 23.0 Å². The minimum atomic E-state index is -0.0975. The lowest BCUT2D eigenvalue weighted by Gasteiger charge is -2.10. The lowest BCUT2D eigenvalue weighted by atomic mass is 10.00. The highest BCUT2D eigenvalue weighted by Gasteiger charge is 2.15. The Morgan fingerprint density at radius 2 is 1.85 bits per heavy atom. The maximum Gasteiger partial charge on any atom is 0.333 e. The molecule has 3 aromatic heterocycles. The molecule has 2 aromatic carbocycles. The second-order valence-corrected chi connectivity index (χ2v) is 8.04. The van der Waals surface area contributed by atoms with Crippen LogP contribution in [0.1, 0.15) is 24.6 Å². The van der Waals surface area contributed by atoms with Crippen molar-refractivity contribution in [2.75, 3.05) is 5.73 Å². The molecule has 3 N–H and O–H groups in total. The SMILES string of the molecule is CCCc1cn(-c2ccccc2N)c(=O)n1Cc1ccc(-c2ccncc2-c2nnn[nH]2)cc1. The molecule has 5 aromatic rings. The van der Waals surface area contributed by atoms with E-state index in [9.17, 15) is 4.79 Å². The Kier molecular flexibility index (Phi) is 5.73. The zero-order chi connectivity index (χ0) is 23.5. The molecule has 0 aliphatic rings. The van der Waals surface area contributed by atoms with E-state index >= 15 is 0 Å². The third-order valence-corrected chi connectivity index (χ3v) is 5.79. The van der Waals surface area contributed by atoms with Crippen LogP contribution in [0.4, 0.5) is 5.69 Å². The molecule has 0 aliphatic heterocycles. The number of benzene rings is 2. The molecule has 34 heavy (non-hydrogen) atoms. The van der Waals surface area contributed by atoms with Gasteiger partial charge in [-0.2, -0.15) is 0 Å². The van der Waals surface area contributed by atoms with Gasteiger partial charge in [-0.15, -0.1) is 5.10 Å². The van der Waals surface area contributed by atoms with E-state index in [1.807, 2.05) is 59.3 Å². The van der Waals surface area contributed by atoms with Gasteiger partial charge in [0, 0.05) is 29.8 Å². The number of aromatic nitrogens is 7. The number of nitrogen functional groups attached to an aromatic ring is 1. The summed E-state index contributed by atoms with van der Waals surface area (Å²) in [7, 11) is 0. The number of hydrogen-bond acceptors (Lipinski definition) is 6. The number of nitrogens with zero attached hydrogens (tertiary/aromatic N) is 6. The van der Waals surface area contributed by atoms with Crippen molar-refractivity contribution in [3.8, 4) is 28.2 Å². The number of nitrogens with one attached hydrogen (secondary N) is 1. The summed E-state index contributed by atoms with van der Waals surface area (Å²) in [6.45, 7) is 2.58. The highest BCUT2D eigenvalue weighted by atomic mass is 16.1. The average Bonchev–Trinajstić information content (AvgIpc) is 3.50. The Balaban J connectivity index is 1.48. The summed E-state index contributed by atoms with van der Waals surface area (Å²) in [5.74, 6) is 0.560. The molecule has 0 unspecified atom stereocenters. The summed E-state index contributed by atoms with van der Waals surface area (Å²) in [5.41, 5.74) is 12.1. The molecule has 0 fully saturated rings. The number of anilines is 1. The van der Waals surface area contributed by atoms with E-state index in [1.165, 1.54) is 0 Å². The Morgan fingerprint density at radius 1 is 1.03 bits per heavy atom. The maximum absolute atomic E-state index is 13.3. The minimum Gasteiger partial charge on any atom is -0.397 e. The Hall–Kier alpha value is -4.53. The number of rotatable bonds is 7. The second kappa shape index (κ2) is 9.14. The first-order valence-corrected chi connectivity index (χ1v) is 11.1. The van der Waals surface area contributed by atoms with E-state index in [-0.39, 0.29) is 5.69 Å². The second-order valence-electron chi connectivity index (χ2n) is 8.04. The summed E-state index contributed by atoms with van der Waals surface area (Å²) in [6, 6.07) is 17.5. The van der Waals surface area contributed by atoms with Gasteiger partial charge in [-0.1, -0.05) is 49.7 Å². The minimum absolute atomic E-state index is 0.0975. The molecule has 3 heterocycles. The molecular weight excluding hydrogens is 428 g/mol. The van der Waals surface area contributed by atoms with Gasteiger partial charge < -0.3 is 5.73 Å². The van der Waals surface area contributed by atoms with Gasteiger partial charge in [-0.3, -0.25) is 14.1 Å². The Labute approximate surface area is 195 Å². The van der Waals surface area contributed by atoms with Crippen LogP contribution in [0.25, 0.3) is 28.2 Å². The smallest absolute Gasteiger partial charge is 0.333 e. The zero-order valence-corrected chi connectivity index (χ0v) is 18.7. The molecule has 0 radical (unpaired) electrons. The summed E-state index contributed by atoms with van der Waals surface area (Å²) >= 11 is 0. The van der Waals surface area contributed by atoms with E-state index in [0.717, 1.165) is 40.8 Å². The summed E-state index contributed by atoms with van der Waals surface area (Å²) in [4.78, 5) is 17.5. The number of para-hydroxylation sites is 2. The van der Waals surface area contributed by atoms with E-state index in [4.69, 9.17) is 5.73 Å². The van der Waals surface area contributed by atoms with E-state index in [2.05, 4.69) is 32.5 Å². The molecule has 170 valence electrons.